The van der Waals surface area contributed by atoms with Gasteiger partial charge in [-0.25, -0.2) is 0 Å². The lowest BCUT2D eigenvalue weighted by molar-refractivity contribution is -0.131. The van der Waals surface area contributed by atoms with Gasteiger partial charge >= 0.3 is 5.97 Å². The third kappa shape index (κ3) is 2.67. The van der Waals surface area contributed by atoms with Crippen LogP contribution in [0.4, 0.5) is 0 Å². The van der Waals surface area contributed by atoms with E-state index in [0.29, 0.717) is 5.75 Å². The molecule has 0 unspecified atom stereocenters. The van der Waals surface area contributed by atoms with Gasteiger partial charge in [0.25, 0.3) is 0 Å². The van der Waals surface area contributed by atoms with Crippen molar-refractivity contribution in [3.8, 4) is 17.1 Å². The van der Waals surface area contributed by atoms with Gasteiger partial charge in [-0.1, -0.05) is 12.1 Å². The van der Waals surface area contributed by atoms with E-state index >= 15 is 0 Å². The first-order valence-electron chi connectivity index (χ1n) is 6.53. The predicted molar refractivity (Wildman–Crippen MR) is 84.7 cm³/mol. The minimum absolute atomic E-state index is 0.323. The molecule has 0 spiro atoms. The third-order valence-electron chi connectivity index (χ3n) is 3.13. The first-order valence-corrected chi connectivity index (χ1v) is 7.76. The van der Waals surface area contributed by atoms with Crippen LogP contribution in [-0.2, 0) is 4.79 Å². The number of rotatable bonds is 3. The van der Waals surface area contributed by atoms with Crippen molar-refractivity contribution in [3.05, 3.63) is 48.5 Å². The summed E-state index contributed by atoms with van der Waals surface area (Å²) in [6, 6.07) is 15.3. The van der Waals surface area contributed by atoms with Crippen molar-refractivity contribution in [2.45, 2.75) is 11.8 Å². The topological polar surface area (TPSA) is 39.4 Å². The maximum Gasteiger partial charge on any atom is 0.308 e. The zero-order valence-corrected chi connectivity index (χ0v) is 12.6. The lowest BCUT2D eigenvalue weighted by Crippen LogP contribution is -2.00. The fraction of sp³-hybridized carbons (Fsp3) is 0.118. The average molecular weight is 298 g/mol. The predicted octanol–water partition coefficient (Wildman–Crippen LogP) is 4.75. The van der Waals surface area contributed by atoms with Crippen molar-refractivity contribution in [1.29, 1.82) is 0 Å². The van der Waals surface area contributed by atoms with Gasteiger partial charge in [-0.3, -0.25) is 4.79 Å². The van der Waals surface area contributed by atoms with Gasteiger partial charge in [-0.2, -0.15) is 0 Å². The van der Waals surface area contributed by atoms with Gasteiger partial charge < -0.3 is 9.15 Å². The van der Waals surface area contributed by atoms with E-state index in [1.165, 1.54) is 6.92 Å². The van der Waals surface area contributed by atoms with Crippen LogP contribution in [0, 0.1) is 0 Å². The highest BCUT2D eigenvalue weighted by Gasteiger charge is 2.14. The Labute approximate surface area is 126 Å². The van der Waals surface area contributed by atoms with E-state index in [4.69, 9.17) is 9.15 Å². The van der Waals surface area contributed by atoms with Crippen LogP contribution in [0.2, 0.25) is 0 Å². The van der Waals surface area contributed by atoms with Gasteiger partial charge in [0, 0.05) is 17.9 Å². The number of carbonyl (C=O) groups is 1. The Balaban J connectivity index is 2.05. The van der Waals surface area contributed by atoms with Gasteiger partial charge in [0.15, 0.2) is 0 Å². The summed E-state index contributed by atoms with van der Waals surface area (Å²) >= 11 is 1.66. The Bertz CT molecular complexity index is 787. The molecule has 0 fully saturated rings. The van der Waals surface area contributed by atoms with Crippen LogP contribution < -0.4 is 4.74 Å². The molecule has 0 aliphatic rings. The van der Waals surface area contributed by atoms with Crippen LogP contribution in [0.1, 0.15) is 6.92 Å². The molecule has 0 bridgehead atoms. The number of hydrogen-bond donors (Lipinski definition) is 0. The number of carbonyl (C=O) groups excluding carboxylic acids is 1. The minimum atomic E-state index is -0.323. The molecule has 3 nitrogen and oxygen atoms in total. The summed E-state index contributed by atoms with van der Waals surface area (Å²) in [5.74, 6) is 1.06. The third-order valence-corrected chi connectivity index (χ3v) is 3.95. The quantitative estimate of drug-likeness (QED) is 0.397. The van der Waals surface area contributed by atoms with Gasteiger partial charge in [0.05, 0.1) is 4.90 Å². The average Bonchev–Trinajstić information content (AvgIpc) is 2.86. The fourth-order valence-electron chi connectivity index (χ4n) is 2.25. The van der Waals surface area contributed by atoms with Gasteiger partial charge in [-0.15, -0.1) is 11.8 Å². The number of ether oxygens (including phenoxy) is 1. The maximum atomic E-state index is 10.9. The van der Waals surface area contributed by atoms with E-state index in [9.17, 15) is 4.79 Å². The molecule has 21 heavy (non-hydrogen) atoms. The smallest absolute Gasteiger partial charge is 0.308 e. The van der Waals surface area contributed by atoms with Crippen LogP contribution in [0.25, 0.3) is 22.3 Å². The number of esters is 1. The first kappa shape index (κ1) is 13.8. The highest BCUT2D eigenvalue weighted by atomic mass is 32.2. The van der Waals surface area contributed by atoms with Crippen molar-refractivity contribution in [1.82, 2.24) is 0 Å². The number of para-hydroxylation sites is 1. The molecule has 3 aromatic rings. The number of hydrogen-bond acceptors (Lipinski definition) is 4. The summed E-state index contributed by atoms with van der Waals surface area (Å²) in [6.07, 6.45) is 2.04. The van der Waals surface area contributed by atoms with E-state index in [1.807, 2.05) is 36.6 Å². The molecule has 0 atom stereocenters. The van der Waals surface area contributed by atoms with E-state index in [2.05, 4.69) is 6.07 Å². The Kier molecular flexibility index (Phi) is 3.71. The summed E-state index contributed by atoms with van der Waals surface area (Å²) in [6.45, 7) is 1.39. The minimum Gasteiger partial charge on any atom is -0.455 e. The summed E-state index contributed by atoms with van der Waals surface area (Å²) in [5.41, 5.74) is 1.84. The van der Waals surface area contributed by atoms with Crippen molar-refractivity contribution in [3.63, 3.8) is 0 Å². The Morgan fingerprint density at radius 1 is 1.10 bits per heavy atom. The lowest BCUT2D eigenvalue weighted by atomic mass is 10.1. The first-order chi connectivity index (χ1) is 10.2. The number of thioether (sulfide) groups is 1. The Morgan fingerprint density at radius 3 is 2.48 bits per heavy atom. The normalized spacial score (nSPS) is 10.8. The van der Waals surface area contributed by atoms with Crippen molar-refractivity contribution in [2.24, 2.45) is 0 Å². The molecule has 0 aliphatic heterocycles. The van der Waals surface area contributed by atoms with Crippen LogP contribution in [0.3, 0.4) is 0 Å². The molecule has 0 N–H and O–H groups in total. The molecule has 3 rings (SSSR count). The summed E-state index contributed by atoms with van der Waals surface area (Å²) < 4.78 is 11.0. The molecule has 0 amide bonds. The Morgan fingerprint density at radius 2 is 1.81 bits per heavy atom. The molecule has 1 heterocycles. The largest absolute Gasteiger partial charge is 0.455 e. The number of benzene rings is 2. The van der Waals surface area contributed by atoms with Crippen LogP contribution in [-0.4, -0.2) is 12.2 Å². The molecule has 1 aromatic heterocycles. The number of fused-ring (bicyclic) bond motifs is 1. The van der Waals surface area contributed by atoms with Crippen molar-refractivity contribution in [2.75, 3.05) is 6.26 Å². The Hall–Kier alpha value is -2.20. The van der Waals surface area contributed by atoms with Crippen LogP contribution in [0.15, 0.2) is 57.8 Å². The number of furan rings is 1. The summed E-state index contributed by atoms with van der Waals surface area (Å²) in [5, 5.41) is 1.11. The second-order valence-corrected chi connectivity index (χ2v) is 5.40. The van der Waals surface area contributed by atoms with Crippen molar-refractivity contribution >= 4 is 28.7 Å². The van der Waals surface area contributed by atoms with Gasteiger partial charge in [0.1, 0.15) is 17.1 Å². The molecule has 0 saturated carbocycles. The molecule has 0 saturated heterocycles. The molecule has 4 heteroatoms. The van der Waals surface area contributed by atoms with E-state index < -0.39 is 0 Å². The van der Waals surface area contributed by atoms with Gasteiger partial charge in [-0.05, 0) is 42.7 Å². The molecular weight excluding hydrogens is 284 g/mol. The second-order valence-electron chi connectivity index (χ2n) is 4.58. The maximum absolute atomic E-state index is 10.9. The molecular formula is C17H14O3S. The van der Waals surface area contributed by atoms with E-state index in [0.717, 1.165) is 27.2 Å². The monoisotopic (exact) mass is 298 g/mol. The zero-order valence-electron chi connectivity index (χ0n) is 11.8. The summed E-state index contributed by atoms with van der Waals surface area (Å²) in [4.78, 5) is 12.1. The second kappa shape index (κ2) is 5.66. The molecule has 2 aromatic carbocycles. The lowest BCUT2D eigenvalue weighted by Gasteiger charge is -2.03. The fourth-order valence-corrected chi connectivity index (χ4v) is 2.99. The molecule has 0 aliphatic carbocycles. The highest BCUT2D eigenvalue weighted by molar-refractivity contribution is 7.99. The van der Waals surface area contributed by atoms with E-state index in [-0.39, 0.29) is 5.97 Å². The van der Waals surface area contributed by atoms with Crippen LogP contribution in [0.5, 0.6) is 5.75 Å². The van der Waals surface area contributed by atoms with Crippen LogP contribution >= 0.6 is 11.8 Å². The SMILES string of the molecule is CSc1c(-c2ccc(OC(C)=O)cc2)oc2ccccc12. The zero-order chi connectivity index (χ0) is 14.8. The highest BCUT2D eigenvalue weighted by Crippen LogP contribution is 2.39. The summed E-state index contributed by atoms with van der Waals surface area (Å²) in [7, 11) is 0. The molecule has 106 valence electrons. The van der Waals surface area contributed by atoms with Gasteiger partial charge in [0.2, 0.25) is 0 Å². The van der Waals surface area contributed by atoms with Crippen molar-refractivity contribution < 1.29 is 13.9 Å². The van der Waals surface area contributed by atoms with E-state index in [1.54, 1.807) is 23.9 Å². The standard InChI is InChI=1S/C17H14O3S/c1-11(18)19-13-9-7-12(8-10-13)16-17(21-2)14-5-3-4-6-15(14)20-16/h3-10H,1-2H3. The molecule has 0 radical (unpaired) electrons.